The van der Waals surface area contributed by atoms with Crippen LogP contribution in [-0.4, -0.2) is 47.1 Å². The van der Waals surface area contributed by atoms with Crippen LogP contribution in [0.15, 0.2) is 24.3 Å². The Labute approximate surface area is 172 Å². The highest BCUT2D eigenvalue weighted by Gasteiger charge is 2.42. The van der Waals surface area contributed by atoms with Gasteiger partial charge in [0.05, 0.1) is 19.1 Å². The fourth-order valence-electron chi connectivity index (χ4n) is 5.01. The molecule has 0 aliphatic carbocycles. The van der Waals surface area contributed by atoms with Crippen LogP contribution in [0.25, 0.3) is 10.9 Å². The quantitative estimate of drug-likeness (QED) is 0.728. The van der Waals surface area contributed by atoms with E-state index in [1.54, 1.807) is 6.92 Å². The number of H-pyrrole nitrogens is 1. The number of ether oxygens (including phenoxy) is 1. The summed E-state index contributed by atoms with van der Waals surface area (Å²) in [4.78, 5) is 30.3. The van der Waals surface area contributed by atoms with Crippen molar-refractivity contribution in [3.8, 4) is 0 Å². The van der Waals surface area contributed by atoms with Crippen LogP contribution in [0.5, 0.6) is 0 Å². The van der Waals surface area contributed by atoms with Gasteiger partial charge in [-0.25, -0.2) is 0 Å². The van der Waals surface area contributed by atoms with Gasteiger partial charge in [-0.05, 0) is 36.3 Å². The van der Waals surface area contributed by atoms with Gasteiger partial charge in [0.25, 0.3) is 0 Å². The molecule has 1 fully saturated rings. The summed E-state index contributed by atoms with van der Waals surface area (Å²) in [6, 6.07) is 7.87. The van der Waals surface area contributed by atoms with Crippen molar-refractivity contribution in [1.29, 1.82) is 0 Å². The van der Waals surface area contributed by atoms with Crippen LogP contribution in [-0.2, 0) is 20.7 Å². The number of esters is 1. The number of hydrogen-bond acceptors (Lipinski definition) is 4. The molecule has 0 bridgehead atoms. The normalized spacial score (nSPS) is 23.2. The highest BCUT2D eigenvalue weighted by atomic mass is 16.5. The molecule has 1 aromatic heterocycles. The van der Waals surface area contributed by atoms with Gasteiger partial charge in [-0.3, -0.25) is 9.59 Å². The lowest BCUT2D eigenvalue weighted by molar-refractivity contribution is -0.150. The van der Waals surface area contributed by atoms with Gasteiger partial charge in [-0.1, -0.05) is 38.5 Å². The Balaban J connectivity index is 2.07. The summed E-state index contributed by atoms with van der Waals surface area (Å²) in [5.74, 6) is -0.0227. The Kier molecular flexibility index (Phi) is 6.63. The number of likely N-dealkylation sites (tertiary alicyclic amines) is 1. The van der Waals surface area contributed by atoms with Crippen LogP contribution in [0.3, 0.4) is 0 Å². The Morgan fingerprint density at radius 1 is 1.34 bits per heavy atom. The Morgan fingerprint density at radius 3 is 2.69 bits per heavy atom. The molecular formula is C23H32N2O4. The number of aliphatic hydroxyl groups excluding tert-OH is 1. The number of aromatic amines is 1. The number of amides is 1. The van der Waals surface area contributed by atoms with Gasteiger partial charge >= 0.3 is 5.97 Å². The van der Waals surface area contributed by atoms with Crippen molar-refractivity contribution in [3.63, 3.8) is 0 Å². The molecule has 1 amide bonds. The maximum absolute atomic E-state index is 12.6. The zero-order chi connectivity index (χ0) is 21.1. The molecule has 1 aromatic carbocycles. The number of para-hydroxylation sites is 1. The fraction of sp³-hybridized carbons (Fsp3) is 0.565. The molecule has 2 aromatic rings. The second-order valence-corrected chi connectivity index (χ2v) is 8.10. The topological polar surface area (TPSA) is 82.6 Å². The number of benzene rings is 1. The lowest BCUT2D eigenvalue weighted by atomic mass is 9.72. The largest absolute Gasteiger partial charge is 0.469 e. The first-order valence-electron chi connectivity index (χ1n) is 10.5. The van der Waals surface area contributed by atoms with Gasteiger partial charge in [0.15, 0.2) is 0 Å². The van der Waals surface area contributed by atoms with Gasteiger partial charge in [0.2, 0.25) is 5.91 Å². The number of piperidine rings is 1. The van der Waals surface area contributed by atoms with Crippen molar-refractivity contribution in [3.05, 3.63) is 35.5 Å². The lowest BCUT2D eigenvalue weighted by Crippen LogP contribution is -2.47. The number of nitrogens with one attached hydrogen (secondary N) is 1. The third-order valence-electron chi connectivity index (χ3n) is 6.59. The molecule has 29 heavy (non-hydrogen) atoms. The summed E-state index contributed by atoms with van der Waals surface area (Å²) in [6.45, 7) is 6.32. The third kappa shape index (κ3) is 4.04. The number of carbonyl (C=O) groups excluding carboxylic acids is 2. The molecular weight excluding hydrogens is 368 g/mol. The predicted molar refractivity (Wildman–Crippen MR) is 112 cm³/mol. The van der Waals surface area contributed by atoms with E-state index in [0.717, 1.165) is 28.6 Å². The average molecular weight is 401 g/mol. The van der Waals surface area contributed by atoms with E-state index in [1.165, 1.54) is 7.11 Å². The summed E-state index contributed by atoms with van der Waals surface area (Å²) in [5.41, 5.74) is 3.04. The van der Waals surface area contributed by atoms with E-state index in [0.29, 0.717) is 19.4 Å². The molecule has 2 N–H and O–H groups in total. The minimum absolute atomic E-state index is 0.0335. The SMILES string of the molecule is CC[C@H]1CN(C(C)=O)[C@H](c2[nH]c3ccccc3c2CCO)C[C@@H]1[C@@H](C)C(=O)OC. The van der Waals surface area contributed by atoms with E-state index >= 15 is 0 Å². The molecule has 4 atom stereocenters. The van der Waals surface area contributed by atoms with Gasteiger partial charge < -0.3 is 19.7 Å². The van der Waals surface area contributed by atoms with Crippen LogP contribution in [0.1, 0.15) is 50.9 Å². The van der Waals surface area contributed by atoms with Crippen molar-refractivity contribution in [1.82, 2.24) is 9.88 Å². The van der Waals surface area contributed by atoms with Crippen LogP contribution in [0.2, 0.25) is 0 Å². The molecule has 1 saturated heterocycles. The lowest BCUT2D eigenvalue weighted by Gasteiger charge is -2.45. The molecule has 0 saturated carbocycles. The van der Waals surface area contributed by atoms with Gasteiger partial charge in [0.1, 0.15) is 0 Å². The van der Waals surface area contributed by atoms with Crippen LogP contribution in [0, 0.1) is 17.8 Å². The Hall–Kier alpha value is -2.34. The van der Waals surface area contributed by atoms with E-state index in [4.69, 9.17) is 4.74 Å². The van der Waals surface area contributed by atoms with Crippen LogP contribution < -0.4 is 0 Å². The summed E-state index contributed by atoms with van der Waals surface area (Å²) < 4.78 is 5.02. The number of methoxy groups -OCH3 is 1. The van der Waals surface area contributed by atoms with Crippen molar-refractivity contribution in [2.24, 2.45) is 17.8 Å². The molecule has 6 nitrogen and oxygen atoms in total. The van der Waals surface area contributed by atoms with Gasteiger partial charge in [0, 0.05) is 36.7 Å². The average Bonchev–Trinajstić information content (AvgIpc) is 3.10. The minimum atomic E-state index is -0.229. The third-order valence-corrected chi connectivity index (χ3v) is 6.59. The molecule has 6 heteroatoms. The number of aliphatic hydroxyl groups is 1. The highest BCUT2D eigenvalue weighted by molar-refractivity contribution is 5.85. The number of rotatable bonds is 6. The summed E-state index contributed by atoms with van der Waals surface area (Å²) in [6.07, 6.45) is 2.12. The van der Waals surface area contributed by atoms with E-state index in [2.05, 4.69) is 11.9 Å². The number of nitrogens with zero attached hydrogens (tertiary/aromatic N) is 1. The van der Waals surface area contributed by atoms with Crippen LogP contribution in [0.4, 0.5) is 0 Å². The van der Waals surface area contributed by atoms with Crippen molar-refractivity contribution >= 4 is 22.8 Å². The highest BCUT2D eigenvalue weighted by Crippen LogP contribution is 2.44. The van der Waals surface area contributed by atoms with Gasteiger partial charge in [-0.15, -0.1) is 0 Å². The number of hydrogen-bond donors (Lipinski definition) is 2. The monoisotopic (exact) mass is 400 g/mol. The molecule has 2 heterocycles. The van der Waals surface area contributed by atoms with Crippen LogP contribution >= 0.6 is 0 Å². The minimum Gasteiger partial charge on any atom is -0.469 e. The molecule has 0 unspecified atom stereocenters. The molecule has 1 aliphatic rings. The summed E-state index contributed by atoms with van der Waals surface area (Å²) in [7, 11) is 1.43. The predicted octanol–water partition coefficient (Wildman–Crippen LogP) is 3.45. The summed E-state index contributed by atoms with van der Waals surface area (Å²) >= 11 is 0. The number of aromatic nitrogens is 1. The van der Waals surface area contributed by atoms with E-state index < -0.39 is 0 Å². The van der Waals surface area contributed by atoms with E-state index in [-0.39, 0.29) is 42.3 Å². The van der Waals surface area contributed by atoms with E-state index in [1.807, 2.05) is 36.1 Å². The molecule has 158 valence electrons. The maximum Gasteiger partial charge on any atom is 0.308 e. The van der Waals surface area contributed by atoms with Crippen molar-refractivity contribution in [2.45, 2.75) is 46.1 Å². The van der Waals surface area contributed by atoms with Crippen molar-refractivity contribution in [2.75, 3.05) is 20.3 Å². The second kappa shape index (κ2) is 8.99. The number of carbonyl (C=O) groups is 2. The van der Waals surface area contributed by atoms with E-state index in [9.17, 15) is 14.7 Å². The summed E-state index contributed by atoms with van der Waals surface area (Å²) in [5, 5.41) is 10.7. The molecule has 0 radical (unpaired) electrons. The Morgan fingerprint density at radius 2 is 2.07 bits per heavy atom. The second-order valence-electron chi connectivity index (χ2n) is 8.10. The fourth-order valence-corrected chi connectivity index (χ4v) is 5.01. The first-order chi connectivity index (χ1) is 13.9. The zero-order valence-electron chi connectivity index (χ0n) is 17.8. The first kappa shape index (κ1) is 21.4. The van der Waals surface area contributed by atoms with Crippen molar-refractivity contribution < 1.29 is 19.4 Å². The first-order valence-corrected chi connectivity index (χ1v) is 10.5. The Bertz CT molecular complexity index is 875. The van der Waals surface area contributed by atoms with Gasteiger partial charge in [-0.2, -0.15) is 0 Å². The maximum atomic E-state index is 12.6. The molecule has 3 rings (SSSR count). The zero-order valence-corrected chi connectivity index (χ0v) is 17.8. The smallest absolute Gasteiger partial charge is 0.308 e. The standard InChI is InChI=1S/C23H32N2O4/c1-5-16-13-25(15(3)27)21(12-19(16)14(2)23(28)29-4)22-18(10-11-26)17-8-6-7-9-20(17)24-22/h6-9,14,16,19,21,24,26H,5,10-13H2,1-4H3/t14-,16+,19-,21+/m1/s1. The molecule has 1 aliphatic heterocycles. The molecule has 0 spiro atoms. The number of fused-ring (bicyclic) bond motifs is 1.